The van der Waals surface area contributed by atoms with Crippen LogP contribution in [0.25, 0.3) is 0 Å². The van der Waals surface area contributed by atoms with Crippen molar-refractivity contribution in [3.05, 3.63) is 89.0 Å². The SMILES string of the molecule is Cc1ccc(N2Cc3c(OCCc4cccc(SCC(=O)O)c4)cccc3C2=O)cc1. The van der Waals surface area contributed by atoms with Crippen LogP contribution in [0.15, 0.2) is 71.6 Å². The fourth-order valence-electron chi connectivity index (χ4n) is 3.59. The monoisotopic (exact) mass is 433 g/mol. The number of thioether (sulfide) groups is 1. The first-order valence-electron chi connectivity index (χ1n) is 10.1. The Morgan fingerprint density at radius 3 is 2.65 bits per heavy atom. The number of carboxylic acids is 1. The number of carbonyl (C=O) groups is 2. The van der Waals surface area contributed by atoms with Gasteiger partial charge in [-0.3, -0.25) is 9.59 Å². The largest absolute Gasteiger partial charge is 0.493 e. The molecule has 1 aliphatic heterocycles. The Bertz CT molecular complexity index is 1110. The number of ether oxygens (including phenoxy) is 1. The lowest BCUT2D eigenvalue weighted by Gasteiger charge is -2.16. The molecule has 3 aromatic carbocycles. The van der Waals surface area contributed by atoms with E-state index < -0.39 is 5.97 Å². The average Bonchev–Trinajstić information content (AvgIpc) is 3.11. The van der Waals surface area contributed by atoms with Crippen molar-refractivity contribution in [2.24, 2.45) is 0 Å². The molecule has 0 bridgehead atoms. The van der Waals surface area contributed by atoms with Gasteiger partial charge in [0.15, 0.2) is 0 Å². The van der Waals surface area contributed by atoms with E-state index in [4.69, 9.17) is 9.84 Å². The zero-order valence-corrected chi connectivity index (χ0v) is 18.0. The van der Waals surface area contributed by atoms with Crippen LogP contribution in [0.5, 0.6) is 5.75 Å². The van der Waals surface area contributed by atoms with Crippen molar-refractivity contribution in [1.82, 2.24) is 0 Å². The highest BCUT2D eigenvalue weighted by atomic mass is 32.2. The zero-order valence-electron chi connectivity index (χ0n) is 17.2. The van der Waals surface area contributed by atoms with Gasteiger partial charge >= 0.3 is 5.97 Å². The van der Waals surface area contributed by atoms with Crippen LogP contribution in [-0.4, -0.2) is 29.3 Å². The molecule has 5 nitrogen and oxygen atoms in total. The number of fused-ring (bicyclic) bond motifs is 1. The zero-order chi connectivity index (χ0) is 21.8. The third-order valence-electron chi connectivity index (χ3n) is 5.18. The van der Waals surface area contributed by atoms with Crippen LogP contribution in [-0.2, 0) is 17.8 Å². The number of carboxylic acid groups (broad SMARTS) is 1. The Morgan fingerprint density at radius 2 is 1.87 bits per heavy atom. The number of carbonyl (C=O) groups excluding carboxylic acids is 1. The summed E-state index contributed by atoms with van der Waals surface area (Å²) in [6.45, 7) is 2.99. The van der Waals surface area contributed by atoms with Gasteiger partial charge in [-0.05, 0) is 48.9 Å². The number of benzene rings is 3. The minimum atomic E-state index is -0.828. The molecule has 0 aromatic heterocycles. The van der Waals surface area contributed by atoms with Crippen LogP contribution in [0.2, 0.25) is 0 Å². The van der Waals surface area contributed by atoms with E-state index in [0.717, 1.165) is 33.0 Å². The molecule has 0 atom stereocenters. The Hall–Kier alpha value is -3.25. The van der Waals surface area contributed by atoms with Gasteiger partial charge in [0.2, 0.25) is 0 Å². The summed E-state index contributed by atoms with van der Waals surface area (Å²) < 4.78 is 6.06. The Balaban J connectivity index is 1.42. The molecule has 1 amide bonds. The quantitative estimate of drug-likeness (QED) is 0.509. The summed E-state index contributed by atoms with van der Waals surface area (Å²) in [7, 11) is 0. The van der Waals surface area contributed by atoms with E-state index in [1.165, 1.54) is 11.8 Å². The van der Waals surface area contributed by atoms with Crippen LogP contribution in [0, 0.1) is 6.92 Å². The minimum Gasteiger partial charge on any atom is -0.493 e. The number of amides is 1. The van der Waals surface area contributed by atoms with Crippen LogP contribution < -0.4 is 9.64 Å². The lowest BCUT2D eigenvalue weighted by atomic mass is 10.1. The van der Waals surface area contributed by atoms with Crippen LogP contribution in [0.1, 0.15) is 27.0 Å². The third kappa shape index (κ3) is 4.91. The number of hydrogen-bond donors (Lipinski definition) is 1. The maximum Gasteiger partial charge on any atom is 0.313 e. The summed E-state index contributed by atoms with van der Waals surface area (Å²) in [4.78, 5) is 26.4. The summed E-state index contributed by atoms with van der Waals surface area (Å²) in [5.74, 6) is -0.0584. The van der Waals surface area contributed by atoms with E-state index >= 15 is 0 Å². The second-order valence-electron chi connectivity index (χ2n) is 7.44. The van der Waals surface area contributed by atoms with Crippen molar-refractivity contribution in [2.45, 2.75) is 24.8 Å². The van der Waals surface area contributed by atoms with Gasteiger partial charge in [0, 0.05) is 28.1 Å². The molecule has 4 rings (SSSR count). The fraction of sp³-hybridized carbons (Fsp3) is 0.200. The molecular weight excluding hydrogens is 410 g/mol. The molecule has 6 heteroatoms. The maximum absolute atomic E-state index is 12.9. The van der Waals surface area contributed by atoms with Crippen molar-refractivity contribution < 1.29 is 19.4 Å². The molecular formula is C25H23NO4S. The molecule has 1 heterocycles. The normalized spacial score (nSPS) is 12.7. The molecule has 1 N–H and O–H groups in total. The molecule has 158 valence electrons. The number of aryl methyl sites for hydroxylation is 1. The Morgan fingerprint density at radius 1 is 1.10 bits per heavy atom. The van der Waals surface area contributed by atoms with E-state index in [2.05, 4.69) is 0 Å². The van der Waals surface area contributed by atoms with Crippen molar-refractivity contribution in [2.75, 3.05) is 17.3 Å². The van der Waals surface area contributed by atoms with Gasteiger partial charge in [-0.2, -0.15) is 0 Å². The molecule has 31 heavy (non-hydrogen) atoms. The highest BCUT2D eigenvalue weighted by molar-refractivity contribution is 8.00. The van der Waals surface area contributed by atoms with Gasteiger partial charge in [-0.15, -0.1) is 11.8 Å². The minimum absolute atomic E-state index is 0.00698. The van der Waals surface area contributed by atoms with Gasteiger partial charge in [-0.25, -0.2) is 0 Å². The summed E-state index contributed by atoms with van der Waals surface area (Å²) in [5.41, 5.74) is 4.72. The first-order chi connectivity index (χ1) is 15.0. The van der Waals surface area contributed by atoms with Crippen LogP contribution >= 0.6 is 11.8 Å². The van der Waals surface area contributed by atoms with Crippen LogP contribution in [0.4, 0.5) is 5.69 Å². The van der Waals surface area contributed by atoms with Gasteiger partial charge < -0.3 is 14.7 Å². The number of hydrogen-bond acceptors (Lipinski definition) is 4. The van der Waals surface area contributed by atoms with Crippen molar-refractivity contribution in [3.63, 3.8) is 0 Å². The van der Waals surface area contributed by atoms with Gasteiger partial charge in [0.1, 0.15) is 5.75 Å². The van der Waals surface area contributed by atoms with Crippen molar-refractivity contribution >= 4 is 29.3 Å². The second-order valence-corrected chi connectivity index (χ2v) is 8.49. The topological polar surface area (TPSA) is 66.8 Å². The maximum atomic E-state index is 12.9. The van der Waals surface area contributed by atoms with Crippen LogP contribution in [0.3, 0.4) is 0 Å². The Kier molecular flexibility index (Phi) is 6.28. The fourth-order valence-corrected chi connectivity index (χ4v) is 4.29. The molecule has 0 spiro atoms. The summed E-state index contributed by atoms with van der Waals surface area (Å²) >= 11 is 1.30. The molecule has 0 radical (unpaired) electrons. The number of anilines is 1. The third-order valence-corrected chi connectivity index (χ3v) is 6.16. The smallest absolute Gasteiger partial charge is 0.313 e. The van der Waals surface area contributed by atoms with E-state index in [0.29, 0.717) is 25.1 Å². The molecule has 0 unspecified atom stereocenters. The van der Waals surface area contributed by atoms with Gasteiger partial charge in [0.25, 0.3) is 5.91 Å². The highest BCUT2D eigenvalue weighted by Gasteiger charge is 2.30. The standard InChI is InChI=1S/C25H23NO4S/c1-17-8-10-19(11-9-17)26-15-22-21(25(26)29)6-3-7-23(22)30-13-12-18-4-2-5-20(14-18)31-16-24(27)28/h2-11,14H,12-13,15-16H2,1H3,(H,27,28). The summed E-state index contributed by atoms with van der Waals surface area (Å²) in [6, 6.07) is 21.4. The molecule has 0 saturated carbocycles. The summed E-state index contributed by atoms with van der Waals surface area (Å²) in [6.07, 6.45) is 0.695. The van der Waals surface area contributed by atoms with E-state index in [-0.39, 0.29) is 11.7 Å². The lowest BCUT2D eigenvalue weighted by Crippen LogP contribution is -2.22. The lowest BCUT2D eigenvalue weighted by molar-refractivity contribution is -0.133. The molecule has 1 aliphatic rings. The van der Waals surface area contributed by atoms with Gasteiger partial charge in [0.05, 0.1) is 18.9 Å². The summed E-state index contributed by atoms with van der Waals surface area (Å²) in [5, 5.41) is 8.84. The molecule has 3 aromatic rings. The second kappa shape index (κ2) is 9.27. The highest BCUT2D eigenvalue weighted by Crippen LogP contribution is 2.34. The number of nitrogens with zero attached hydrogens (tertiary/aromatic N) is 1. The predicted octanol–water partition coefficient (Wildman–Crippen LogP) is 4.95. The molecule has 0 aliphatic carbocycles. The van der Waals surface area contributed by atoms with Crippen molar-refractivity contribution in [3.8, 4) is 5.75 Å². The number of rotatable bonds is 8. The number of aliphatic carboxylic acids is 1. The predicted molar refractivity (Wildman–Crippen MR) is 122 cm³/mol. The Labute approximate surface area is 185 Å². The first-order valence-corrected chi connectivity index (χ1v) is 11.1. The van der Waals surface area contributed by atoms with E-state index in [9.17, 15) is 9.59 Å². The average molecular weight is 434 g/mol. The van der Waals surface area contributed by atoms with E-state index in [1.54, 1.807) is 4.90 Å². The first kappa shape index (κ1) is 21.0. The van der Waals surface area contributed by atoms with Gasteiger partial charge in [-0.1, -0.05) is 35.9 Å². The van der Waals surface area contributed by atoms with Crippen molar-refractivity contribution in [1.29, 1.82) is 0 Å². The molecule has 0 saturated heterocycles. The molecule has 0 fully saturated rings. The van der Waals surface area contributed by atoms with E-state index in [1.807, 2.05) is 73.7 Å².